The Hall–Kier alpha value is -2.29. The van der Waals surface area contributed by atoms with E-state index in [0.717, 1.165) is 11.1 Å². The van der Waals surface area contributed by atoms with E-state index in [9.17, 15) is 4.79 Å². The highest BCUT2D eigenvalue weighted by atomic mass is 16.4. The number of nitrogen functional groups attached to an aromatic ring is 1. The molecule has 0 bridgehead atoms. The molecule has 0 aromatic heterocycles. The topological polar surface area (TPSA) is 63.3 Å². The van der Waals surface area contributed by atoms with Crippen molar-refractivity contribution in [3.63, 3.8) is 0 Å². The minimum atomic E-state index is -0.934. The monoisotopic (exact) mass is 243 g/mol. The first-order valence-electron chi connectivity index (χ1n) is 5.68. The Labute approximate surface area is 107 Å². The number of allylic oxidation sites excluding steroid dienone is 4. The molecule has 0 aliphatic carbocycles. The zero-order chi connectivity index (χ0) is 13.5. The van der Waals surface area contributed by atoms with Crippen molar-refractivity contribution in [2.45, 2.75) is 13.8 Å². The van der Waals surface area contributed by atoms with Gasteiger partial charge in [-0.3, -0.25) is 0 Å². The average molecular weight is 243 g/mol. The van der Waals surface area contributed by atoms with Crippen molar-refractivity contribution in [1.29, 1.82) is 0 Å². The Kier molecular flexibility index (Phi) is 4.93. The largest absolute Gasteiger partial charge is 0.478 e. The molecule has 1 aromatic rings. The molecule has 0 fully saturated rings. The molecule has 0 aliphatic heterocycles. The predicted molar refractivity (Wildman–Crippen MR) is 75.0 cm³/mol. The summed E-state index contributed by atoms with van der Waals surface area (Å²) in [5, 5.41) is 8.91. The Morgan fingerprint density at radius 2 is 1.94 bits per heavy atom. The second-order valence-corrected chi connectivity index (χ2v) is 3.75. The molecule has 94 valence electrons. The normalized spacial score (nSPS) is 13.0. The van der Waals surface area contributed by atoms with Crippen LogP contribution in [0.1, 0.15) is 19.4 Å². The van der Waals surface area contributed by atoms with Crippen LogP contribution in [0.15, 0.2) is 54.1 Å². The molecule has 1 rings (SSSR count). The van der Waals surface area contributed by atoms with E-state index < -0.39 is 5.97 Å². The van der Waals surface area contributed by atoms with E-state index in [1.165, 1.54) is 0 Å². The Morgan fingerprint density at radius 1 is 1.22 bits per heavy atom. The molecular formula is C15H17NO2. The Balaban J connectivity index is 3.01. The summed E-state index contributed by atoms with van der Waals surface area (Å²) in [5.41, 5.74) is 8.57. The molecule has 3 N–H and O–H groups in total. The van der Waals surface area contributed by atoms with E-state index in [4.69, 9.17) is 10.8 Å². The SMILES string of the molecule is C\C=C(/C=C\C(=C/C)c1cccc(N)c1)C(=O)O. The number of carbonyl (C=O) groups is 1. The van der Waals surface area contributed by atoms with E-state index >= 15 is 0 Å². The summed E-state index contributed by atoms with van der Waals surface area (Å²) in [5.74, 6) is -0.934. The first kappa shape index (κ1) is 13.8. The lowest BCUT2D eigenvalue weighted by molar-refractivity contribution is -0.132. The lowest BCUT2D eigenvalue weighted by Gasteiger charge is -2.03. The van der Waals surface area contributed by atoms with Crippen LogP contribution in [0.3, 0.4) is 0 Å². The Morgan fingerprint density at radius 3 is 2.44 bits per heavy atom. The van der Waals surface area contributed by atoms with Gasteiger partial charge < -0.3 is 10.8 Å². The lowest BCUT2D eigenvalue weighted by Crippen LogP contribution is -1.96. The summed E-state index contributed by atoms with van der Waals surface area (Å²) in [7, 11) is 0. The van der Waals surface area contributed by atoms with Gasteiger partial charge in [-0.15, -0.1) is 0 Å². The van der Waals surface area contributed by atoms with Crippen LogP contribution in [0.5, 0.6) is 0 Å². The van der Waals surface area contributed by atoms with Crippen LogP contribution < -0.4 is 5.73 Å². The summed E-state index contributed by atoms with van der Waals surface area (Å²) in [6.07, 6.45) is 6.84. The zero-order valence-electron chi connectivity index (χ0n) is 10.6. The van der Waals surface area contributed by atoms with Gasteiger partial charge in [0.25, 0.3) is 0 Å². The second kappa shape index (κ2) is 6.45. The molecule has 0 aliphatic rings. The van der Waals surface area contributed by atoms with Gasteiger partial charge in [0.1, 0.15) is 0 Å². The van der Waals surface area contributed by atoms with Crippen LogP contribution in [-0.4, -0.2) is 11.1 Å². The fraction of sp³-hybridized carbons (Fsp3) is 0.133. The number of nitrogens with two attached hydrogens (primary N) is 1. The first-order chi connectivity index (χ1) is 8.58. The highest BCUT2D eigenvalue weighted by Gasteiger charge is 2.02. The van der Waals surface area contributed by atoms with Gasteiger partial charge in [-0.1, -0.05) is 30.4 Å². The molecule has 0 heterocycles. The van der Waals surface area contributed by atoms with Gasteiger partial charge in [0.2, 0.25) is 0 Å². The van der Waals surface area contributed by atoms with Gasteiger partial charge >= 0.3 is 5.97 Å². The van der Waals surface area contributed by atoms with E-state index in [0.29, 0.717) is 5.69 Å². The third kappa shape index (κ3) is 3.63. The van der Waals surface area contributed by atoms with Crippen molar-refractivity contribution in [2.24, 2.45) is 0 Å². The minimum Gasteiger partial charge on any atom is -0.478 e. The van der Waals surface area contributed by atoms with E-state index in [1.807, 2.05) is 37.3 Å². The van der Waals surface area contributed by atoms with Crippen molar-refractivity contribution in [3.05, 3.63) is 59.7 Å². The van der Waals surface area contributed by atoms with Gasteiger partial charge in [0.15, 0.2) is 0 Å². The lowest BCUT2D eigenvalue weighted by atomic mass is 10.0. The van der Waals surface area contributed by atoms with Crippen molar-refractivity contribution in [2.75, 3.05) is 5.73 Å². The van der Waals surface area contributed by atoms with Gasteiger partial charge in [0, 0.05) is 5.69 Å². The van der Waals surface area contributed by atoms with Crippen molar-refractivity contribution in [3.8, 4) is 0 Å². The number of hydrogen-bond acceptors (Lipinski definition) is 2. The van der Waals surface area contributed by atoms with Crippen LogP contribution in [0.4, 0.5) is 5.69 Å². The number of aliphatic carboxylic acids is 1. The summed E-state index contributed by atoms with van der Waals surface area (Å²) < 4.78 is 0. The standard InChI is InChI=1S/C15H17NO2/c1-3-11(8-9-12(4-2)15(17)18)13-6-5-7-14(16)10-13/h3-10H,16H2,1-2H3,(H,17,18)/b9-8-,11-3+,12-4+. The van der Waals surface area contributed by atoms with Crippen LogP contribution in [0, 0.1) is 0 Å². The molecule has 0 spiro atoms. The molecule has 3 heteroatoms. The maximum Gasteiger partial charge on any atom is 0.335 e. The van der Waals surface area contributed by atoms with E-state index in [-0.39, 0.29) is 5.57 Å². The van der Waals surface area contributed by atoms with Crippen molar-refractivity contribution in [1.82, 2.24) is 0 Å². The van der Waals surface area contributed by atoms with E-state index in [1.54, 1.807) is 25.2 Å². The first-order valence-corrected chi connectivity index (χ1v) is 5.68. The molecule has 1 aromatic carbocycles. The highest BCUT2D eigenvalue weighted by molar-refractivity contribution is 5.91. The molecule has 0 atom stereocenters. The molecule has 0 amide bonds. The summed E-state index contributed by atoms with van der Waals surface area (Å²) in [4.78, 5) is 10.9. The molecule has 0 saturated heterocycles. The number of carboxylic acids is 1. The van der Waals surface area contributed by atoms with Gasteiger partial charge in [0.05, 0.1) is 5.57 Å². The smallest absolute Gasteiger partial charge is 0.335 e. The van der Waals surface area contributed by atoms with Crippen LogP contribution in [0.2, 0.25) is 0 Å². The summed E-state index contributed by atoms with van der Waals surface area (Å²) in [6, 6.07) is 7.48. The predicted octanol–water partition coefficient (Wildman–Crippen LogP) is 3.26. The maximum atomic E-state index is 10.9. The van der Waals surface area contributed by atoms with Crippen molar-refractivity contribution < 1.29 is 9.90 Å². The summed E-state index contributed by atoms with van der Waals surface area (Å²) in [6.45, 7) is 3.60. The number of benzene rings is 1. The molecular weight excluding hydrogens is 226 g/mol. The van der Waals surface area contributed by atoms with Crippen LogP contribution in [0.25, 0.3) is 5.57 Å². The molecule has 0 unspecified atom stereocenters. The third-order valence-corrected chi connectivity index (χ3v) is 2.53. The summed E-state index contributed by atoms with van der Waals surface area (Å²) >= 11 is 0. The molecule has 0 saturated carbocycles. The molecule has 18 heavy (non-hydrogen) atoms. The number of hydrogen-bond donors (Lipinski definition) is 2. The minimum absolute atomic E-state index is 0.262. The van der Waals surface area contributed by atoms with Gasteiger partial charge in [-0.25, -0.2) is 4.79 Å². The fourth-order valence-corrected chi connectivity index (χ4v) is 1.55. The third-order valence-electron chi connectivity index (χ3n) is 2.53. The fourth-order valence-electron chi connectivity index (χ4n) is 1.55. The van der Waals surface area contributed by atoms with E-state index in [2.05, 4.69) is 0 Å². The number of anilines is 1. The molecule has 3 nitrogen and oxygen atoms in total. The maximum absolute atomic E-state index is 10.9. The number of carboxylic acid groups (broad SMARTS) is 1. The van der Waals surface area contributed by atoms with Crippen LogP contribution >= 0.6 is 0 Å². The highest BCUT2D eigenvalue weighted by Crippen LogP contribution is 2.19. The Bertz CT molecular complexity index is 525. The van der Waals surface area contributed by atoms with Gasteiger partial charge in [-0.2, -0.15) is 0 Å². The molecule has 0 radical (unpaired) electrons. The zero-order valence-corrected chi connectivity index (χ0v) is 10.6. The van der Waals surface area contributed by atoms with Crippen LogP contribution in [-0.2, 0) is 4.79 Å². The quantitative estimate of drug-likeness (QED) is 0.484. The second-order valence-electron chi connectivity index (χ2n) is 3.75. The van der Waals surface area contributed by atoms with Gasteiger partial charge in [-0.05, 0) is 43.2 Å². The number of rotatable bonds is 4. The van der Waals surface area contributed by atoms with Crippen molar-refractivity contribution >= 4 is 17.2 Å². The average Bonchev–Trinajstić information content (AvgIpc) is 2.34.